The third-order valence-electron chi connectivity index (χ3n) is 3.08. The molecule has 0 aliphatic carbocycles. The molecule has 0 spiro atoms. The molecule has 2 rings (SSSR count). The van der Waals surface area contributed by atoms with Gasteiger partial charge in [0.2, 0.25) is 0 Å². The lowest BCUT2D eigenvalue weighted by Crippen LogP contribution is -2.18. The molecular formula is C15H19N3O. The van der Waals surface area contributed by atoms with Crippen molar-refractivity contribution in [2.24, 2.45) is 5.73 Å². The fraction of sp³-hybridized carbons (Fsp3) is 0.267. The second-order valence-corrected chi connectivity index (χ2v) is 4.37. The topological polar surface area (TPSA) is 51.4 Å². The van der Waals surface area contributed by atoms with Gasteiger partial charge in [-0.25, -0.2) is 0 Å². The summed E-state index contributed by atoms with van der Waals surface area (Å²) in [5.41, 5.74) is 8.90. The summed E-state index contributed by atoms with van der Waals surface area (Å²) in [6.45, 7) is 1.23. The van der Waals surface area contributed by atoms with Crippen LogP contribution < -0.4 is 15.4 Å². The molecule has 19 heavy (non-hydrogen) atoms. The molecule has 1 aromatic heterocycles. The maximum atomic E-state index is 5.71. The Morgan fingerprint density at radius 1 is 1.26 bits per heavy atom. The van der Waals surface area contributed by atoms with Crippen LogP contribution in [-0.4, -0.2) is 19.1 Å². The van der Waals surface area contributed by atoms with Gasteiger partial charge in [-0.3, -0.25) is 4.98 Å². The molecule has 0 aliphatic rings. The highest BCUT2D eigenvalue weighted by Crippen LogP contribution is 2.21. The van der Waals surface area contributed by atoms with Crippen molar-refractivity contribution < 1.29 is 4.74 Å². The van der Waals surface area contributed by atoms with Crippen molar-refractivity contribution in [1.29, 1.82) is 0 Å². The van der Waals surface area contributed by atoms with Crippen LogP contribution in [0.3, 0.4) is 0 Å². The summed E-state index contributed by atoms with van der Waals surface area (Å²) in [4.78, 5) is 6.45. The van der Waals surface area contributed by atoms with Crippen molar-refractivity contribution in [2.45, 2.75) is 13.1 Å². The maximum Gasteiger partial charge on any atom is 0.120 e. The molecule has 0 amide bonds. The minimum Gasteiger partial charge on any atom is -0.497 e. The van der Waals surface area contributed by atoms with Crippen LogP contribution in [0.25, 0.3) is 0 Å². The zero-order valence-electron chi connectivity index (χ0n) is 11.3. The number of anilines is 1. The quantitative estimate of drug-likeness (QED) is 0.892. The molecule has 100 valence electrons. The normalized spacial score (nSPS) is 10.3. The maximum absolute atomic E-state index is 5.71. The van der Waals surface area contributed by atoms with E-state index in [1.165, 1.54) is 0 Å². The molecule has 0 fully saturated rings. The van der Waals surface area contributed by atoms with Gasteiger partial charge in [-0.15, -0.1) is 0 Å². The Labute approximate surface area is 113 Å². The molecule has 4 nitrogen and oxygen atoms in total. The Morgan fingerprint density at radius 2 is 2.11 bits per heavy atom. The number of aromatic nitrogens is 1. The van der Waals surface area contributed by atoms with Crippen molar-refractivity contribution in [3.63, 3.8) is 0 Å². The first-order valence-corrected chi connectivity index (χ1v) is 6.22. The SMILES string of the molecule is COc1cccc(N(C)Cc2cccnc2CN)c1. The van der Waals surface area contributed by atoms with Crippen LogP contribution in [0.2, 0.25) is 0 Å². The predicted octanol–water partition coefficient (Wildman–Crippen LogP) is 2.19. The minimum absolute atomic E-state index is 0.460. The van der Waals surface area contributed by atoms with E-state index in [9.17, 15) is 0 Å². The number of benzene rings is 1. The molecule has 0 aliphatic heterocycles. The summed E-state index contributed by atoms with van der Waals surface area (Å²) in [5, 5.41) is 0. The van der Waals surface area contributed by atoms with Gasteiger partial charge in [0.15, 0.2) is 0 Å². The van der Waals surface area contributed by atoms with Gasteiger partial charge >= 0.3 is 0 Å². The minimum atomic E-state index is 0.460. The zero-order valence-corrected chi connectivity index (χ0v) is 11.3. The van der Waals surface area contributed by atoms with E-state index in [1.54, 1.807) is 13.3 Å². The third-order valence-corrected chi connectivity index (χ3v) is 3.08. The van der Waals surface area contributed by atoms with Crippen LogP contribution in [0.5, 0.6) is 5.75 Å². The summed E-state index contributed by atoms with van der Waals surface area (Å²) in [6.07, 6.45) is 1.78. The highest BCUT2D eigenvalue weighted by Gasteiger charge is 2.07. The van der Waals surface area contributed by atoms with Crippen LogP contribution in [0, 0.1) is 0 Å². The van der Waals surface area contributed by atoms with Gasteiger partial charge < -0.3 is 15.4 Å². The van der Waals surface area contributed by atoms with E-state index in [4.69, 9.17) is 10.5 Å². The molecule has 0 bridgehead atoms. The van der Waals surface area contributed by atoms with Crippen molar-refractivity contribution in [1.82, 2.24) is 4.98 Å². The van der Waals surface area contributed by atoms with E-state index in [-0.39, 0.29) is 0 Å². The lowest BCUT2D eigenvalue weighted by molar-refractivity contribution is 0.415. The second kappa shape index (κ2) is 6.20. The van der Waals surface area contributed by atoms with Crippen LogP contribution in [0.15, 0.2) is 42.6 Å². The number of methoxy groups -OCH3 is 1. The highest BCUT2D eigenvalue weighted by atomic mass is 16.5. The lowest BCUT2D eigenvalue weighted by atomic mass is 10.1. The smallest absolute Gasteiger partial charge is 0.120 e. The number of nitrogens with zero attached hydrogens (tertiary/aromatic N) is 2. The van der Waals surface area contributed by atoms with Gasteiger partial charge in [-0.2, -0.15) is 0 Å². The van der Waals surface area contributed by atoms with Crippen molar-refractivity contribution in [3.05, 3.63) is 53.9 Å². The Balaban J connectivity index is 2.18. The Kier molecular flexibility index (Phi) is 4.36. The van der Waals surface area contributed by atoms with Crippen LogP contribution in [0.4, 0.5) is 5.69 Å². The predicted molar refractivity (Wildman–Crippen MR) is 77.2 cm³/mol. The van der Waals surface area contributed by atoms with E-state index in [2.05, 4.69) is 22.0 Å². The monoisotopic (exact) mass is 257 g/mol. The summed E-state index contributed by atoms with van der Waals surface area (Å²) in [5.74, 6) is 0.856. The molecule has 0 radical (unpaired) electrons. The molecule has 0 saturated carbocycles. The average molecular weight is 257 g/mol. The lowest BCUT2D eigenvalue weighted by Gasteiger charge is -2.21. The molecule has 1 aromatic carbocycles. The van der Waals surface area contributed by atoms with Gasteiger partial charge in [0.25, 0.3) is 0 Å². The summed E-state index contributed by atoms with van der Waals surface area (Å²) >= 11 is 0. The number of hydrogen-bond donors (Lipinski definition) is 1. The molecule has 4 heteroatoms. The zero-order chi connectivity index (χ0) is 13.7. The van der Waals surface area contributed by atoms with E-state index in [0.717, 1.165) is 29.2 Å². The Hall–Kier alpha value is -2.07. The van der Waals surface area contributed by atoms with Gasteiger partial charge in [0.05, 0.1) is 12.8 Å². The molecule has 0 atom stereocenters. The number of hydrogen-bond acceptors (Lipinski definition) is 4. The largest absolute Gasteiger partial charge is 0.497 e. The van der Waals surface area contributed by atoms with Gasteiger partial charge in [0, 0.05) is 38.1 Å². The summed E-state index contributed by atoms with van der Waals surface area (Å²) in [7, 11) is 3.72. The first-order valence-electron chi connectivity index (χ1n) is 6.22. The van der Waals surface area contributed by atoms with Crippen molar-refractivity contribution >= 4 is 5.69 Å². The fourth-order valence-electron chi connectivity index (χ4n) is 1.99. The highest BCUT2D eigenvalue weighted by molar-refractivity contribution is 5.50. The van der Waals surface area contributed by atoms with Crippen molar-refractivity contribution in [3.8, 4) is 5.75 Å². The number of ether oxygens (including phenoxy) is 1. The second-order valence-electron chi connectivity index (χ2n) is 4.37. The van der Waals surface area contributed by atoms with Crippen LogP contribution >= 0.6 is 0 Å². The number of rotatable bonds is 5. The van der Waals surface area contributed by atoms with Gasteiger partial charge in [-0.05, 0) is 23.8 Å². The third kappa shape index (κ3) is 3.23. The summed E-state index contributed by atoms with van der Waals surface area (Å²) < 4.78 is 5.24. The van der Waals surface area contributed by atoms with Crippen LogP contribution in [0.1, 0.15) is 11.3 Å². The summed E-state index contributed by atoms with van der Waals surface area (Å²) in [6, 6.07) is 12.0. The number of nitrogens with two attached hydrogens (primary N) is 1. The first kappa shape index (κ1) is 13.4. The van der Waals surface area contributed by atoms with Crippen molar-refractivity contribution in [2.75, 3.05) is 19.1 Å². The van der Waals surface area contributed by atoms with E-state index in [1.807, 2.05) is 31.3 Å². The molecule has 1 heterocycles. The standard InChI is InChI=1S/C15H19N3O/c1-18(13-6-3-7-14(9-13)19-2)11-12-5-4-8-17-15(12)10-16/h3-9H,10-11,16H2,1-2H3. The van der Waals surface area contributed by atoms with E-state index >= 15 is 0 Å². The van der Waals surface area contributed by atoms with Gasteiger partial charge in [-0.1, -0.05) is 12.1 Å². The van der Waals surface area contributed by atoms with E-state index < -0.39 is 0 Å². The Morgan fingerprint density at radius 3 is 2.84 bits per heavy atom. The van der Waals surface area contributed by atoms with Crippen LogP contribution in [-0.2, 0) is 13.1 Å². The molecule has 0 unspecified atom stereocenters. The molecular weight excluding hydrogens is 238 g/mol. The van der Waals surface area contributed by atoms with Gasteiger partial charge in [0.1, 0.15) is 5.75 Å². The molecule has 2 N–H and O–H groups in total. The average Bonchev–Trinajstić information content (AvgIpc) is 2.47. The number of pyridine rings is 1. The van der Waals surface area contributed by atoms with E-state index in [0.29, 0.717) is 6.54 Å². The first-order chi connectivity index (χ1) is 9.24. The molecule has 2 aromatic rings. The Bertz CT molecular complexity index is 542. The molecule has 0 saturated heterocycles. The fourth-order valence-corrected chi connectivity index (χ4v) is 1.99.